The molecule has 1 amide bonds. The van der Waals surface area contributed by atoms with E-state index in [9.17, 15) is 13.2 Å². The van der Waals surface area contributed by atoms with Crippen molar-refractivity contribution in [2.45, 2.75) is 26.7 Å². The summed E-state index contributed by atoms with van der Waals surface area (Å²) in [6.07, 6.45) is 1.79. The Hall–Kier alpha value is -2.54. The molecule has 2 rings (SSSR count). The van der Waals surface area contributed by atoms with Gasteiger partial charge in [-0.05, 0) is 43.5 Å². The summed E-state index contributed by atoms with van der Waals surface area (Å²) in [6, 6.07) is 12.7. The monoisotopic (exact) mass is 390 g/mol. The smallest absolute Gasteiger partial charge is 0.232 e. The molecule has 2 aromatic carbocycles. The van der Waals surface area contributed by atoms with Crippen molar-refractivity contribution in [3.63, 3.8) is 0 Å². The lowest BCUT2D eigenvalue weighted by Gasteiger charge is -2.22. The number of hydrogen-bond acceptors (Lipinski definition) is 4. The normalized spacial score (nSPS) is 11.1. The van der Waals surface area contributed by atoms with Crippen molar-refractivity contribution < 1.29 is 17.9 Å². The maximum Gasteiger partial charge on any atom is 0.232 e. The summed E-state index contributed by atoms with van der Waals surface area (Å²) in [5.41, 5.74) is 3.33. The van der Waals surface area contributed by atoms with Crippen LogP contribution in [0.25, 0.3) is 0 Å². The lowest BCUT2D eigenvalue weighted by atomic mass is 10.1. The first kappa shape index (κ1) is 20.8. The maximum absolute atomic E-state index is 12.3. The van der Waals surface area contributed by atoms with E-state index in [2.05, 4.69) is 5.32 Å². The lowest BCUT2D eigenvalue weighted by molar-refractivity contribution is -0.116. The molecule has 0 saturated carbocycles. The topological polar surface area (TPSA) is 75.7 Å². The van der Waals surface area contributed by atoms with Crippen LogP contribution in [0.4, 0.5) is 11.4 Å². The molecular formula is C20H26N2O4S. The summed E-state index contributed by atoms with van der Waals surface area (Å²) in [6.45, 7) is 4.10. The molecule has 1 N–H and O–H groups in total. The molecule has 0 spiro atoms. The molecule has 146 valence electrons. The van der Waals surface area contributed by atoms with Crippen molar-refractivity contribution in [1.82, 2.24) is 0 Å². The van der Waals surface area contributed by atoms with Crippen molar-refractivity contribution in [3.8, 4) is 5.75 Å². The molecule has 0 bridgehead atoms. The second kappa shape index (κ2) is 8.90. The number of nitrogens with zero attached hydrogens (tertiary/aromatic N) is 1. The molecule has 27 heavy (non-hydrogen) atoms. The summed E-state index contributed by atoms with van der Waals surface area (Å²) >= 11 is 0. The van der Waals surface area contributed by atoms with Crippen LogP contribution in [0.5, 0.6) is 5.75 Å². The average molecular weight is 391 g/mol. The van der Waals surface area contributed by atoms with Gasteiger partial charge in [-0.25, -0.2) is 8.42 Å². The minimum Gasteiger partial charge on any atom is -0.497 e. The molecule has 0 aliphatic rings. The first-order chi connectivity index (χ1) is 12.7. The molecule has 2 aromatic rings. The van der Waals surface area contributed by atoms with Gasteiger partial charge in [-0.15, -0.1) is 0 Å². The third-order valence-corrected chi connectivity index (χ3v) is 5.45. The van der Waals surface area contributed by atoms with Gasteiger partial charge in [0.15, 0.2) is 0 Å². The number of benzene rings is 2. The van der Waals surface area contributed by atoms with Crippen LogP contribution in [0.1, 0.15) is 24.0 Å². The SMILES string of the molecule is COc1cccc(N(CCCC(=O)Nc2c(C)cccc2C)S(C)(=O)=O)c1. The number of aryl methyl sites for hydroxylation is 2. The fourth-order valence-corrected chi connectivity index (χ4v) is 3.81. The lowest BCUT2D eigenvalue weighted by Crippen LogP contribution is -2.31. The van der Waals surface area contributed by atoms with Crippen molar-refractivity contribution in [2.75, 3.05) is 29.5 Å². The van der Waals surface area contributed by atoms with E-state index < -0.39 is 10.0 Å². The molecule has 6 nitrogen and oxygen atoms in total. The van der Waals surface area contributed by atoms with Gasteiger partial charge in [-0.1, -0.05) is 24.3 Å². The van der Waals surface area contributed by atoms with Gasteiger partial charge in [0.05, 0.1) is 19.1 Å². The summed E-state index contributed by atoms with van der Waals surface area (Å²) < 4.78 is 30.8. The highest BCUT2D eigenvalue weighted by Crippen LogP contribution is 2.24. The van der Waals surface area contributed by atoms with Crippen LogP contribution >= 0.6 is 0 Å². The second-order valence-corrected chi connectivity index (χ2v) is 8.36. The number of carbonyl (C=O) groups is 1. The largest absolute Gasteiger partial charge is 0.497 e. The minimum absolute atomic E-state index is 0.133. The predicted molar refractivity (Wildman–Crippen MR) is 109 cm³/mol. The van der Waals surface area contributed by atoms with Crippen molar-refractivity contribution in [1.29, 1.82) is 0 Å². The molecule has 7 heteroatoms. The third-order valence-electron chi connectivity index (χ3n) is 4.25. The summed E-state index contributed by atoms with van der Waals surface area (Å²) in [7, 11) is -1.94. The van der Waals surface area contributed by atoms with Crippen LogP contribution in [-0.4, -0.2) is 34.2 Å². The molecule has 0 aliphatic heterocycles. The van der Waals surface area contributed by atoms with Crippen molar-refractivity contribution in [2.24, 2.45) is 0 Å². The Morgan fingerprint density at radius 3 is 2.33 bits per heavy atom. The highest BCUT2D eigenvalue weighted by atomic mass is 32.2. The summed E-state index contributed by atoms with van der Waals surface area (Å²) in [5.74, 6) is 0.445. The van der Waals surface area contributed by atoms with E-state index in [0.29, 0.717) is 17.9 Å². The highest BCUT2D eigenvalue weighted by molar-refractivity contribution is 7.92. The zero-order valence-electron chi connectivity index (χ0n) is 16.2. The molecule has 0 saturated heterocycles. The fraction of sp³-hybridized carbons (Fsp3) is 0.350. The van der Waals surface area contributed by atoms with E-state index in [-0.39, 0.29) is 18.9 Å². The summed E-state index contributed by atoms with van der Waals surface area (Å²) in [4.78, 5) is 12.3. The van der Waals surface area contributed by atoms with Crippen LogP contribution in [0.15, 0.2) is 42.5 Å². The van der Waals surface area contributed by atoms with Crippen LogP contribution < -0.4 is 14.4 Å². The molecule has 0 atom stereocenters. The zero-order chi connectivity index (χ0) is 20.0. The molecule has 0 heterocycles. The molecule has 0 aromatic heterocycles. The molecule has 0 fully saturated rings. The van der Waals surface area contributed by atoms with Crippen molar-refractivity contribution in [3.05, 3.63) is 53.6 Å². The van der Waals surface area contributed by atoms with Crippen molar-refractivity contribution >= 4 is 27.3 Å². The van der Waals surface area contributed by atoms with E-state index in [4.69, 9.17) is 4.74 Å². The third kappa shape index (κ3) is 5.72. The molecule has 0 radical (unpaired) electrons. The number of nitrogens with one attached hydrogen (secondary N) is 1. The van der Waals surface area contributed by atoms with E-state index in [1.54, 1.807) is 24.3 Å². The number of para-hydroxylation sites is 1. The Kier molecular flexibility index (Phi) is 6.85. The van der Waals surface area contributed by atoms with Crippen LogP contribution in [-0.2, 0) is 14.8 Å². The van der Waals surface area contributed by atoms with Crippen LogP contribution in [0, 0.1) is 13.8 Å². The van der Waals surface area contributed by atoms with Crippen LogP contribution in [0.3, 0.4) is 0 Å². The Bertz CT molecular complexity index is 890. The number of methoxy groups -OCH3 is 1. The van der Waals surface area contributed by atoms with Crippen LogP contribution in [0.2, 0.25) is 0 Å². The quantitative estimate of drug-likeness (QED) is 0.749. The fourth-order valence-electron chi connectivity index (χ4n) is 2.85. The standard InChI is InChI=1S/C20H26N2O4S/c1-15-8-5-9-16(2)20(15)21-19(23)12-7-13-22(27(4,24)25)17-10-6-11-18(14-17)26-3/h5-6,8-11,14H,7,12-13H2,1-4H3,(H,21,23). The Morgan fingerprint density at radius 1 is 1.11 bits per heavy atom. The number of hydrogen-bond donors (Lipinski definition) is 1. The van der Waals surface area contributed by atoms with E-state index >= 15 is 0 Å². The second-order valence-electron chi connectivity index (χ2n) is 6.46. The number of carbonyl (C=O) groups excluding carboxylic acids is 1. The van der Waals surface area contributed by atoms with Gasteiger partial charge >= 0.3 is 0 Å². The van der Waals surface area contributed by atoms with E-state index in [1.807, 2.05) is 32.0 Å². The number of ether oxygens (including phenoxy) is 1. The van der Waals surface area contributed by atoms with Gasteiger partial charge in [-0.3, -0.25) is 9.10 Å². The Morgan fingerprint density at radius 2 is 1.74 bits per heavy atom. The molecule has 0 unspecified atom stereocenters. The van der Waals surface area contributed by atoms with Gasteiger partial charge in [0.1, 0.15) is 5.75 Å². The average Bonchev–Trinajstić information content (AvgIpc) is 2.61. The maximum atomic E-state index is 12.3. The first-order valence-electron chi connectivity index (χ1n) is 8.70. The highest BCUT2D eigenvalue weighted by Gasteiger charge is 2.18. The number of anilines is 2. The summed E-state index contributed by atoms with van der Waals surface area (Å²) in [5, 5.41) is 2.92. The number of rotatable bonds is 8. The van der Waals surface area contributed by atoms with Gasteiger partial charge in [0.25, 0.3) is 0 Å². The minimum atomic E-state index is -3.47. The molecular weight excluding hydrogens is 364 g/mol. The van der Waals surface area contributed by atoms with Gasteiger partial charge in [0, 0.05) is 24.7 Å². The van der Waals surface area contributed by atoms with Gasteiger partial charge < -0.3 is 10.1 Å². The van der Waals surface area contributed by atoms with Gasteiger partial charge in [-0.2, -0.15) is 0 Å². The van der Waals surface area contributed by atoms with E-state index in [1.165, 1.54) is 11.4 Å². The zero-order valence-corrected chi connectivity index (χ0v) is 17.0. The Balaban J connectivity index is 2.02. The number of sulfonamides is 1. The Labute approximate surface area is 161 Å². The number of amides is 1. The predicted octanol–water partition coefficient (Wildman–Crippen LogP) is 3.50. The molecule has 0 aliphatic carbocycles. The van der Waals surface area contributed by atoms with E-state index in [0.717, 1.165) is 23.1 Å². The van der Waals surface area contributed by atoms with Gasteiger partial charge in [0.2, 0.25) is 15.9 Å². The first-order valence-corrected chi connectivity index (χ1v) is 10.5.